The van der Waals surface area contributed by atoms with Crippen molar-refractivity contribution in [2.45, 2.75) is 35.8 Å². The molecule has 0 radical (unpaired) electrons. The Morgan fingerprint density at radius 2 is 1.83 bits per heavy atom. The second-order valence-corrected chi connectivity index (χ2v) is 6.41. The standard InChI is InChI=1S/C12H11N3O2S/c13-7-9-5-6-12(11(8-14)15-9)18(16,17)10-3-1-2-4-10/h5-6,10H,1-4H2. The molecule has 92 valence electrons. The number of hydrogen-bond acceptors (Lipinski definition) is 5. The predicted octanol–water partition coefficient (Wildman–Crippen LogP) is 1.54. The minimum Gasteiger partial charge on any atom is -0.225 e. The zero-order chi connectivity index (χ0) is 13.2. The average Bonchev–Trinajstić information content (AvgIpc) is 2.92. The van der Waals surface area contributed by atoms with E-state index in [1.807, 2.05) is 0 Å². The summed E-state index contributed by atoms with van der Waals surface area (Å²) in [5, 5.41) is 17.2. The third-order valence-electron chi connectivity index (χ3n) is 3.13. The number of nitriles is 2. The molecule has 1 aliphatic carbocycles. The highest BCUT2D eigenvalue weighted by molar-refractivity contribution is 7.92. The lowest BCUT2D eigenvalue weighted by Crippen LogP contribution is -2.19. The first-order valence-corrected chi connectivity index (χ1v) is 7.19. The zero-order valence-corrected chi connectivity index (χ0v) is 10.4. The zero-order valence-electron chi connectivity index (χ0n) is 9.63. The van der Waals surface area contributed by atoms with Gasteiger partial charge in [0, 0.05) is 0 Å². The topological polar surface area (TPSA) is 94.6 Å². The van der Waals surface area contributed by atoms with Gasteiger partial charge in [-0.05, 0) is 25.0 Å². The summed E-state index contributed by atoms with van der Waals surface area (Å²) in [5.74, 6) is 0. The predicted molar refractivity (Wildman–Crippen MR) is 63.1 cm³/mol. The van der Waals surface area contributed by atoms with Gasteiger partial charge < -0.3 is 0 Å². The fourth-order valence-corrected chi connectivity index (χ4v) is 4.13. The van der Waals surface area contributed by atoms with Gasteiger partial charge in [-0.25, -0.2) is 13.4 Å². The summed E-state index contributed by atoms with van der Waals surface area (Å²) < 4.78 is 24.7. The summed E-state index contributed by atoms with van der Waals surface area (Å²) in [7, 11) is -3.50. The number of rotatable bonds is 2. The molecular weight excluding hydrogens is 250 g/mol. The van der Waals surface area contributed by atoms with E-state index >= 15 is 0 Å². The van der Waals surface area contributed by atoms with Gasteiger partial charge in [0.05, 0.1) is 5.25 Å². The number of aromatic nitrogens is 1. The Morgan fingerprint density at radius 3 is 2.39 bits per heavy atom. The highest BCUT2D eigenvalue weighted by atomic mass is 32.2. The fraction of sp³-hybridized carbons (Fsp3) is 0.417. The van der Waals surface area contributed by atoms with Gasteiger partial charge in [-0.1, -0.05) is 12.8 Å². The van der Waals surface area contributed by atoms with Crippen LogP contribution in [0.15, 0.2) is 17.0 Å². The lowest BCUT2D eigenvalue weighted by molar-refractivity contribution is 0.579. The molecule has 6 heteroatoms. The molecule has 0 spiro atoms. The van der Waals surface area contributed by atoms with Crippen molar-refractivity contribution in [1.82, 2.24) is 4.98 Å². The first kappa shape index (κ1) is 12.5. The summed E-state index contributed by atoms with van der Waals surface area (Å²) in [6, 6.07) is 6.20. The molecule has 0 amide bonds. The van der Waals surface area contributed by atoms with Crippen LogP contribution < -0.4 is 0 Å². The van der Waals surface area contributed by atoms with Crippen molar-refractivity contribution in [2.24, 2.45) is 0 Å². The molecule has 5 nitrogen and oxygen atoms in total. The molecular formula is C12H11N3O2S. The molecule has 1 aromatic rings. The van der Waals surface area contributed by atoms with Gasteiger partial charge in [-0.2, -0.15) is 10.5 Å². The maximum Gasteiger partial charge on any atom is 0.184 e. The molecule has 18 heavy (non-hydrogen) atoms. The number of pyridine rings is 1. The van der Waals surface area contributed by atoms with Gasteiger partial charge in [-0.3, -0.25) is 0 Å². The van der Waals surface area contributed by atoms with Crippen molar-refractivity contribution in [1.29, 1.82) is 10.5 Å². The Balaban J connectivity index is 2.52. The molecule has 0 unspecified atom stereocenters. The summed E-state index contributed by atoms with van der Waals surface area (Å²) in [5.41, 5.74) is -0.127. The molecule has 0 N–H and O–H groups in total. The highest BCUT2D eigenvalue weighted by Crippen LogP contribution is 2.30. The molecule has 1 aliphatic rings. The summed E-state index contributed by atoms with van der Waals surface area (Å²) in [6.07, 6.45) is 3.06. The van der Waals surface area contributed by atoms with E-state index in [1.165, 1.54) is 12.1 Å². The molecule has 1 saturated carbocycles. The van der Waals surface area contributed by atoms with Crippen LogP contribution in [0.5, 0.6) is 0 Å². The van der Waals surface area contributed by atoms with Crippen LogP contribution in [0.25, 0.3) is 0 Å². The third-order valence-corrected chi connectivity index (χ3v) is 5.42. The lowest BCUT2D eigenvalue weighted by Gasteiger charge is -2.11. The quantitative estimate of drug-likeness (QED) is 0.804. The van der Waals surface area contributed by atoms with E-state index in [2.05, 4.69) is 4.98 Å². The summed E-state index contributed by atoms with van der Waals surface area (Å²) >= 11 is 0. The van der Waals surface area contributed by atoms with E-state index < -0.39 is 15.1 Å². The smallest absolute Gasteiger partial charge is 0.184 e. The van der Waals surface area contributed by atoms with Gasteiger partial charge in [0.15, 0.2) is 15.5 Å². The summed E-state index contributed by atoms with van der Waals surface area (Å²) in [6.45, 7) is 0. The third kappa shape index (κ3) is 2.07. The molecule has 2 rings (SSSR count). The van der Waals surface area contributed by atoms with Gasteiger partial charge in [0.1, 0.15) is 22.7 Å². The normalized spacial score (nSPS) is 16.1. The fourth-order valence-electron chi connectivity index (χ4n) is 2.20. The lowest BCUT2D eigenvalue weighted by atomic mass is 10.3. The van der Waals surface area contributed by atoms with Gasteiger partial charge in [0.2, 0.25) is 0 Å². The van der Waals surface area contributed by atoms with Crippen molar-refractivity contribution in [3.63, 3.8) is 0 Å². The Bertz CT molecular complexity index is 647. The van der Waals surface area contributed by atoms with E-state index in [9.17, 15) is 8.42 Å². The van der Waals surface area contributed by atoms with Gasteiger partial charge in [0.25, 0.3) is 0 Å². The Kier molecular flexibility index (Phi) is 3.31. The van der Waals surface area contributed by atoms with Gasteiger partial charge in [-0.15, -0.1) is 0 Å². The van der Waals surface area contributed by atoms with E-state index in [-0.39, 0.29) is 16.3 Å². The van der Waals surface area contributed by atoms with E-state index in [0.29, 0.717) is 12.8 Å². The molecule has 0 atom stereocenters. The first-order chi connectivity index (χ1) is 8.59. The second-order valence-electron chi connectivity index (χ2n) is 4.22. The van der Waals surface area contributed by atoms with E-state index in [0.717, 1.165) is 12.8 Å². The number of nitrogens with zero attached hydrogens (tertiary/aromatic N) is 3. The maximum absolute atomic E-state index is 12.3. The van der Waals surface area contributed by atoms with Crippen molar-refractivity contribution < 1.29 is 8.42 Å². The number of sulfone groups is 1. The number of hydrogen-bond donors (Lipinski definition) is 0. The van der Waals surface area contributed by atoms with Crippen LogP contribution in [0.4, 0.5) is 0 Å². The Morgan fingerprint density at radius 1 is 1.17 bits per heavy atom. The minimum atomic E-state index is -3.50. The Hall–Kier alpha value is -1.92. The summed E-state index contributed by atoms with van der Waals surface area (Å²) in [4.78, 5) is 3.70. The highest BCUT2D eigenvalue weighted by Gasteiger charge is 2.32. The molecule has 1 fully saturated rings. The molecule has 0 aliphatic heterocycles. The van der Waals surface area contributed by atoms with Crippen LogP contribution in [-0.4, -0.2) is 18.7 Å². The molecule has 0 aromatic carbocycles. The second kappa shape index (κ2) is 4.75. The van der Waals surface area contributed by atoms with Crippen molar-refractivity contribution in [3.8, 4) is 12.1 Å². The van der Waals surface area contributed by atoms with Crippen LogP contribution in [-0.2, 0) is 9.84 Å². The SMILES string of the molecule is N#Cc1ccc(S(=O)(=O)C2CCCC2)c(C#N)n1. The Labute approximate surface area is 106 Å². The minimum absolute atomic E-state index is 0.0455. The monoisotopic (exact) mass is 261 g/mol. The van der Waals surface area contributed by atoms with Gasteiger partial charge >= 0.3 is 0 Å². The molecule has 0 bridgehead atoms. The van der Waals surface area contributed by atoms with Crippen molar-refractivity contribution in [2.75, 3.05) is 0 Å². The molecule has 1 heterocycles. The largest absolute Gasteiger partial charge is 0.225 e. The van der Waals surface area contributed by atoms with Crippen LogP contribution in [0.1, 0.15) is 37.1 Å². The van der Waals surface area contributed by atoms with Crippen LogP contribution in [0, 0.1) is 22.7 Å². The van der Waals surface area contributed by atoms with Crippen LogP contribution >= 0.6 is 0 Å². The van der Waals surface area contributed by atoms with Crippen molar-refractivity contribution in [3.05, 3.63) is 23.5 Å². The maximum atomic E-state index is 12.3. The van der Waals surface area contributed by atoms with Crippen molar-refractivity contribution >= 4 is 9.84 Å². The first-order valence-electron chi connectivity index (χ1n) is 5.64. The van der Waals surface area contributed by atoms with E-state index in [1.54, 1.807) is 12.1 Å². The van der Waals surface area contributed by atoms with E-state index in [4.69, 9.17) is 10.5 Å². The van der Waals surface area contributed by atoms with Crippen LogP contribution in [0.2, 0.25) is 0 Å². The van der Waals surface area contributed by atoms with Crippen LogP contribution in [0.3, 0.4) is 0 Å². The molecule has 1 aromatic heterocycles. The molecule has 0 saturated heterocycles. The average molecular weight is 261 g/mol.